The standard InChI is InChI=1S/C13H16F2N2O4/c1-16-5-12(18)17(2)6-8-3-10-11(20-7-19-10)4-9(8)21-13(14)15/h3-4,13,16H,5-7H2,1-2H3. The first-order chi connectivity index (χ1) is 10.0. The van der Waals surface area contributed by atoms with Gasteiger partial charge in [0.05, 0.1) is 6.54 Å². The van der Waals surface area contributed by atoms with Gasteiger partial charge in [-0.3, -0.25) is 4.79 Å². The molecule has 21 heavy (non-hydrogen) atoms. The highest BCUT2D eigenvalue weighted by molar-refractivity contribution is 5.78. The van der Waals surface area contributed by atoms with Crippen LogP contribution in [0, 0.1) is 0 Å². The van der Waals surface area contributed by atoms with Crippen molar-refractivity contribution in [2.45, 2.75) is 13.2 Å². The van der Waals surface area contributed by atoms with Crippen LogP contribution in [0.1, 0.15) is 5.56 Å². The van der Waals surface area contributed by atoms with E-state index in [0.29, 0.717) is 17.1 Å². The molecule has 6 nitrogen and oxygen atoms in total. The summed E-state index contributed by atoms with van der Waals surface area (Å²) in [5, 5.41) is 2.74. The molecule has 1 aromatic carbocycles. The summed E-state index contributed by atoms with van der Waals surface area (Å²) in [7, 11) is 3.23. The molecule has 0 saturated carbocycles. The van der Waals surface area contributed by atoms with Gasteiger partial charge in [0.15, 0.2) is 11.5 Å². The molecule has 0 unspecified atom stereocenters. The van der Waals surface area contributed by atoms with Crippen molar-refractivity contribution in [3.05, 3.63) is 17.7 Å². The van der Waals surface area contributed by atoms with E-state index in [1.54, 1.807) is 20.2 Å². The number of carbonyl (C=O) groups is 1. The third kappa shape index (κ3) is 3.72. The number of rotatable bonds is 6. The van der Waals surface area contributed by atoms with E-state index in [0.717, 1.165) is 0 Å². The summed E-state index contributed by atoms with van der Waals surface area (Å²) in [4.78, 5) is 13.1. The molecule has 0 bridgehead atoms. The second-order valence-corrected chi connectivity index (χ2v) is 4.47. The van der Waals surface area contributed by atoms with Crippen molar-refractivity contribution >= 4 is 5.91 Å². The van der Waals surface area contributed by atoms with E-state index in [1.807, 2.05) is 0 Å². The van der Waals surface area contributed by atoms with Crippen LogP contribution in [0.15, 0.2) is 12.1 Å². The van der Waals surface area contributed by atoms with Gasteiger partial charge in [-0.05, 0) is 13.1 Å². The predicted molar refractivity (Wildman–Crippen MR) is 69.6 cm³/mol. The quantitative estimate of drug-likeness (QED) is 0.855. The van der Waals surface area contributed by atoms with Gasteiger partial charge in [-0.1, -0.05) is 0 Å². The summed E-state index contributed by atoms with van der Waals surface area (Å²) < 4.78 is 39.8. The summed E-state index contributed by atoms with van der Waals surface area (Å²) in [6, 6.07) is 2.89. The minimum Gasteiger partial charge on any atom is -0.454 e. The second-order valence-electron chi connectivity index (χ2n) is 4.47. The topological polar surface area (TPSA) is 60.0 Å². The number of carbonyl (C=O) groups excluding carboxylic acids is 1. The molecule has 8 heteroatoms. The zero-order valence-electron chi connectivity index (χ0n) is 11.7. The summed E-state index contributed by atoms with van der Waals surface area (Å²) in [5.41, 5.74) is 0.423. The van der Waals surface area contributed by atoms with Crippen molar-refractivity contribution < 1.29 is 27.8 Å². The molecular weight excluding hydrogens is 286 g/mol. The number of nitrogens with zero attached hydrogens (tertiary/aromatic N) is 1. The van der Waals surface area contributed by atoms with Crippen LogP contribution in [0.2, 0.25) is 0 Å². The van der Waals surface area contributed by atoms with Crippen molar-refractivity contribution in [3.8, 4) is 17.2 Å². The minimum absolute atomic E-state index is 0.0292. The van der Waals surface area contributed by atoms with Crippen LogP contribution in [0.5, 0.6) is 17.2 Å². The normalized spacial score (nSPS) is 12.6. The van der Waals surface area contributed by atoms with E-state index < -0.39 is 6.61 Å². The molecule has 0 spiro atoms. The first-order valence-corrected chi connectivity index (χ1v) is 6.27. The number of fused-ring (bicyclic) bond motifs is 1. The Morgan fingerprint density at radius 1 is 1.43 bits per heavy atom. The highest BCUT2D eigenvalue weighted by Crippen LogP contribution is 2.39. The number of halogens is 2. The van der Waals surface area contributed by atoms with Gasteiger partial charge in [-0.2, -0.15) is 8.78 Å². The number of nitrogens with one attached hydrogen (secondary N) is 1. The molecule has 0 fully saturated rings. The highest BCUT2D eigenvalue weighted by atomic mass is 19.3. The molecule has 1 N–H and O–H groups in total. The van der Waals surface area contributed by atoms with Gasteiger partial charge < -0.3 is 24.4 Å². The molecule has 1 aliphatic heterocycles. The monoisotopic (exact) mass is 302 g/mol. The Labute approximate surface area is 120 Å². The lowest BCUT2D eigenvalue weighted by Crippen LogP contribution is -2.33. The summed E-state index contributed by atoms with van der Waals surface area (Å²) in [6.07, 6.45) is 0. The zero-order chi connectivity index (χ0) is 15.4. The lowest BCUT2D eigenvalue weighted by atomic mass is 10.1. The Morgan fingerprint density at radius 2 is 2.10 bits per heavy atom. The van der Waals surface area contributed by atoms with Crippen LogP contribution in [-0.4, -0.2) is 44.9 Å². The summed E-state index contributed by atoms with van der Waals surface area (Å²) >= 11 is 0. The highest BCUT2D eigenvalue weighted by Gasteiger charge is 2.21. The Morgan fingerprint density at radius 3 is 2.71 bits per heavy atom. The van der Waals surface area contributed by atoms with E-state index in [4.69, 9.17) is 9.47 Å². The number of likely N-dealkylation sites (N-methyl/N-ethyl adjacent to an activating group) is 2. The van der Waals surface area contributed by atoms with Gasteiger partial charge >= 0.3 is 6.61 Å². The molecule has 1 heterocycles. The van der Waals surface area contributed by atoms with Crippen LogP contribution < -0.4 is 19.5 Å². The number of alkyl halides is 2. The first kappa shape index (κ1) is 15.3. The first-order valence-electron chi connectivity index (χ1n) is 6.27. The van der Waals surface area contributed by atoms with E-state index >= 15 is 0 Å². The maximum absolute atomic E-state index is 12.5. The van der Waals surface area contributed by atoms with Crippen molar-refractivity contribution in [3.63, 3.8) is 0 Å². The summed E-state index contributed by atoms with van der Waals surface area (Å²) in [6.45, 7) is -2.64. The van der Waals surface area contributed by atoms with E-state index in [2.05, 4.69) is 10.1 Å². The Hall–Kier alpha value is -2.09. The van der Waals surface area contributed by atoms with Crippen molar-refractivity contribution in [1.29, 1.82) is 0 Å². The molecular formula is C13H16F2N2O4. The number of amides is 1. The van der Waals surface area contributed by atoms with Crippen molar-refractivity contribution in [1.82, 2.24) is 10.2 Å². The lowest BCUT2D eigenvalue weighted by molar-refractivity contribution is -0.129. The molecule has 0 radical (unpaired) electrons. The van der Waals surface area contributed by atoms with Crippen LogP contribution in [0.3, 0.4) is 0 Å². The number of hydrogen-bond acceptors (Lipinski definition) is 5. The van der Waals surface area contributed by atoms with Crippen LogP contribution in [0.25, 0.3) is 0 Å². The predicted octanol–water partition coefficient (Wildman–Crippen LogP) is 1.19. The molecule has 1 aliphatic rings. The van der Waals surface area contributed by atoms with Gasteiger partial charge in [0, 0.05) is 25.2 Å². The maximum atomic E-state index is 12.5. The average Bonchev–Trinajstić information content (AvgIpc) is 2.85. The number of ether oxygens (including phenoxy) is 3. The molecule has 1 aromatic rings. The largest absolute Gasteiger partial charge is 0.454 e. The average molecular weight is 302 g/mol. The number of benzene rings is 1. The molecule has 0 atom stereocenters. The Kier molecular flexibility index (Phi) is 4.79. The molecule has 116 valence electrons. The van der Waals surface area contributed by atoms with Gasteiger partial charge in [0.25, 0.3) is 0 Å². The molecule has 0 aliphatic carbocycles. The fraction of sp³-hybridized carbons (Fsp3) is 0.462. The van der Waals surface area contributed by atoms with Crippen molar-refractivity contribution in [2.75, 3.05) is 27.4 Å². The van der Waals surface area contributed by atoms with Crippen LogP contribution in [0.4, 0.5) is 8.78 Å². The van der Waals surface area contributed by atoms with Crippen LogP contribution in [-0.2, 0) is 11.3 Å². The fourth-order valence-corrected chi connectivity index (χ4v) is 1.92. The van der Waals surface area contributed by atoms with Gasteiger partial charge in [0.2, 0.25) is 12.7 Å². The second kappa shape index (κ2) is 6.57. The number of hydrogen-bond donors (Lipinski definition) is 1. The SMILES string of the molecule is CNCC(=O)N(C)Cc1cc2c(cc1OC(F)F)OCO2. The molecule has 2 rings (SSSR count). The Bertz CT molecular complexity index is 525. The Balaban J connectivity index is 2.22. The van der Waals surface area contributed by atoms with Gasteiger partial charge in [-0.15, -0.1) is 0 Å². The maximum Gasteiger partial charge on any atom is 0.387 e. The molecule has 0 aromatic heterocycles. The van der Waals surface area contributed by atoms with E-state index in [9.17, 15) is 13.6 Å². The van der Waals surface area contributed by atoms with Gasteiger partial charge in [-0.25, -0.2) is 0 Å². The third-order valence-corrected chi connectivity index (χ3v) is 2.93. The zero-order valence-corrected chi connectivity index (χ0v) is 11.7. The third-order valence-electron chi connectivity index (χ3n) is 2.93. The lowest BCUT2D eigenvalue weighted by Gasteiger charge is -2.19. The minimum atomic E-state index is -2.96. The fourth-order valence-electron chi connectivity index (χ4n) is 1.92. The van der Waals surface area contributed by atoms with Crippen LogP contribution >= 0.6 is 0 Å². The van der Waals surface area contributed by atoms with E-state index in [1.165, 1.54) is 11.0 Å². The smallest absolute Gasteiger partial charge is 0.387 e. The molecule has 0 saturated heterocycles. The summed E-state index contributed by atoms with van der Waals surface area (Å²) in [5.74, 6) is 0.594. The van der Waals surface area contributed by atoms with Gasteiger partial charge in [0.1, 0.15) is 5.75 Å². The van der Waals surface area contributed by atoms with E-state index in [-0.39, 0.29) is 31.5 Å². The molecule has 1 amide bonds. The van der Waals surface area contributed by atoms with Crippen molar-refractivity contribution in [2.24, 2.45) is 0 Å².